The largest absolute Gasteiger partial charge is 0.493 e. The Balaban J connectivity index is 1.91. The second-order valence-corrected chi connectivity index (χ2v) is 7.03. The van der Waals surface area contributed by atoms with Gasteiger partial charge in [0.2, 0.25) is 0 Å². The molecule has 0 atom stereocenters. The zero-order chi connectivity index (χ0) is 18.7. The molecule has 2 aromatic carbocycles. The average molecular weight is 409 g/mol. The lowest BCUT2D eigenvalue weighted by Crippen LogP contribution is -2.19. The highest BCUT2D eigenvalue weighted by molar-refractivity contribution is 8.18. The Bertz CT molecular complexity index is 929. The Morgan fingerprint density at radius 3 is 2.65 bits per heavy atom. The molecule has 1 N–H and O–H groups in total. The van der Waals surface area contributed by atoms with Crippen molar-refractivity contribution >= 4 is 57.8 Å². The van der Waals surface area contributed by atoms with Crippen LogP contribution in [-0.4, -0.2) is 25.3 Å². The van der Waals surface area contributed by atoms with Gasteiger partial charge in [-0.3, -0.25) is 4.79 Å². The minimum absolute atomic E-state index is 0.247. The van der Waals surface area contributed by atoms with Crippen LogP contribution in [0.3, 0.4) is 0 Å². The molecule has 0 spiro atoms. The number of aliphatic imine (C=N–C) groups is 1. The number of hydrogen-bond donors (Lipinski definition) is 1. The van der Waals surface area contributed by atoms with Crippen LogP contribution in [0.1, 0.15) is 5.56 Å². The lowest BCUT2D eigenvalue weighted by molar-refractivity contribution is -0.115. The van der Waals surface area contributed by atoms with Gasteiger partial charge >= 0.3 is 0 Å². The van der Waals surface area contributed by atoms with E-state index in [2.05, 4.69) is 10.3 Å². The number of benzene rings is 2. The quantitative estimate of drug-likeness (QED) is 0.730. The molecule has 1 aliphatic rings. The molecule has 0 bridgehead atoms. The molecule has 26 heavy (non-hydrogen) atoms. The van der Waals surface area contributed by atoms with Crippen LogP contribution in [0.4, 0.5) is 5.69 Å². The fourth-order valence-corrected chi connectivity index (χ4v) is 3.61. The first-order valence-electron chi connectivity index (χ1n) is 7.47. The van der Waals surface area contributed by atoms with Gasteiger partial charge < -0.3 is 14.8 Å². The van der Waals surface area contributed by atoms with Crippen molar-refractivity contribution in [1.82, 2.24) is 5.32 Å². The molecule has 1 heterocycles. The third-order valence-corrected chi connectivity index (χ3v) is 4.95. The Morgan fingerprint density at radius 1 is 1.15 bits per heavy atom. The number of halogens is 2. The van der Waals surface area contributed by atoms with Crippen LogP contribution >= 0.6 is 35.0 Å². The normalized spacial score (nSPS) is 16.8. The summed E-state index contributed by atoms with van der Waals surface area (Å²) in [4.78, 5) is 17.1. The van der Waals surface area contributed by atoms with Crippen LogP contribution in [0.25, 0.3) is 6.08 Å². The molecule has 3 rings (SSSR count). The third kappa shape index (κ3) is 3.98. The Hall–Kier alpha value is -2.15. The highest BCUT2D eigenvalue weighted by atomic mass is 35.5. The number of nitrogens with zero attached hydrogens (tertiary/aromatic N) is 1. The maximum Gasteiger partial charge on any atom is 0.264 e. The Kier molecular flexibility index (Phi) is 5.76. The number of para-hydroxylation sites is 1. The molecule has 0 unspecified atom stereocenters. The van der Waals surface area contributed by atoms with Gasteiger partial charge in [-0.15, -0.1) is 0 Å². The molecule has 1 fully saturated rings. The fraction of sp³-hybridized carbons (Fsp3) is 0.111. The summed E-state index contributed by atoms with van der Waals surface area (Å²) in [7, 11) is 3.11. The molecular formula is C18H14Cl2N2O3S. The predicted octanol–water partition coefficient (Wildman–Crippen LogP) is 4.90. The Labute approximate surface area is 165 Å². The zero-order valence-electron chi connectivity index (χ0n) is 13.9. The smallest absolute Gasteiger partial charge is 0.264 e. The van der Waals surface area contributed by atoms with Crippen molar-refractivity contribution in [2.75, 3.05) is 14.2 Å². The molecule has 1 amide bonds. The molecule has 2 aromatic rings. The van der Waals surface area contributed by atoms with E-state index in [1.165, 1.54) is 11.8 Å². The minimum Gasteiger partial charge on any atom is -0.493 e. The SMILES string of the molecule is COc1cccc(/C=C2\SC(=Nc3ccc(Cl)cc3Cl)NC2=O)c1OC. The molecule has 1 aliphatic heterocycles. The number of methoxy groups -OCH3 is 2. The second kappa shape index (κ2) is 8.03. The van der Waals surface area contributed by atoms with Gasteiger partial charge in [-0.2, -0.15) is 0 Å². The first-order valence-corrected chi connectivity index (χ1v) is 9.04. The number of carbonyl (C=O) groups is 1. The lowest BCUT2D eigenvalue weighted by atomic mass is 10.1. The van der Waals surface area contributed by atoms with E-state index in [-0.39, 0.29) is 5.91 Å². The number of rotatable bonds is 4. The summed E-state index contributed by atoms with van der Waals surface area (Å²) in [6, 6.07) is 10.4. The van der Waals surface area contributed by atoms with Crippen LogP contribution < -0.4 is 14.8 Å². The molecule has 0 radical (unpaired) electrons. The molecule has 134 valence electrons. The lowest BCUT2D eigenvalue weighted by Gasteiger charge is -2.10. The van der Waals surface area contributed by atoms with Gasteiger partial charge in [0.1, 0.15) is 0 Å². The fourth-order valence-electron chi connectivity index (χ4n) is 2.33. The molecular weight excluding hydrogens is 395 g/mol. The number of thioether (sulfide) groups is 1. The van der Waals surface area contributed by atoms with Crippen molar-refractivity contribution in [3.63, 3.8) is 0 Å². The van der Waals surface area contributed by atoms with Gasteiger partial charge in [-0.25, -0.2) is 4.99 Å². The maximum atomic E-state index is 12.3. The van der Waals surface area contributed by atoms with Crippen LogP contribution in [0, 0.1) is 0 Å². The summed E-state index contributed by atoms with van der Waals surface area (Å²) in [5.74, 6) is 0.901. The van der Waals surface area contributed by atoms with E-state index in [0.717, 1.165) is 5.56 Å². The van der Waals surface area contributed by atoms with E-state index in [1.54, 1.807) is 44.6 Å². The number of amidine groups is 1. The van der Waals surface area contributed by atoms with Crippen LogP contribution in [0.5, 0.6) is 11.5 Å². The molecule has 0 saturated carbocycles. The van der Waals surface area contributed by atoms with Crippen LogP contribution in [0.15, 0.2) is 46.3 Å². The van der Waals surface area contributed by atoms with E-state index < -0.39 is 0 Å². The van der Waals surface area contributed by atoms with Gasteiger partial charge in [0.25, 0.3) is 5.91 Å². The predicted molar refractivity (Wildman–Crippen MR) is 107 cm³/mol. The molecule has 0 aromatic heterocycles. The van der Waals surface area contributed by atoms with Gasteiger partial charge in [0.05, 0.1) is 29.8 Å². The van der Waals surface area contributed by atoms with Gasteiger partial charge in [-0.05, 0) is 42.1 Å². The zero-order valence-corrected chi connectivity index (χ0v) is 16.2. The van der Waals surface area contributed by atoms with E-state index in [1.807, 2.05) is 12.1 Å². The number of amides is 1. The van der Waals surface area contributed by atoms with E-state index in [0.29, 0.717) is 37.3 Å². The summed E-state index contributed by atoms with van der Waals surface area (Å²) >= 11 is 13.2. The number of nitrogens with one attached hydrogen (secondary N) is 1. The number of ether oxygens (including phenoxy) is 2. The molecule has 5 nitrogen and oxygen atoms in total. The maximum absolute atomic E-state index is 12.3. The summed E-state index contributed by atoms with van der Waals surface area (Å²) < 4.78 is 10.7. The van der Waals surface area contributed by atoms with Crippen molar-refractivity contribution in [1.29, 1.82) is 0 Å². The van der Waals surface area contributed by atoms with E-state index in [9.17, 15) is 4.79 Å². The van der Waals surface area contributed by atoms with Crippen molar-refractivity contribution in [3.05, 3.63) is 56.9 Å². The standard InChI is InChI=1S/C18H14Cl2N2O3S/c1-24-14-5-3-4-10(16(14)25-2)8-15-17(23)22-18(26-15)21-13-7-6-11(19)9-12(13)20/h3-9H,1-2H3,(H,21,22,23)/b15-8-. The third-order valence-electron chi connectivity index (χ3n) is 3.50. The first-order chi connectivity index (χ1) is 12.5. The minimum atomic E-state index is -0.247. The molecule has 8 heteroatoms. The van der Waals surface area contributed by atoms with Crippen molar-refractivity contribution in [2.45, 2.75) is 0 Å². The highest BCUT2D eigenvalue weighted by Crippen LogP contribution is 2.36. The van der Waals surface area contributed by atoms with Crippen LogP contribution in [-0.2, 0) is 4.79 Å². The second-order valence-electron chi connectivity index (χ2n) is 5.16. The van der Waals surface area contributed by atoms with Crippen molar-refractivity contribution in [3.8, 4) is 11.5 Å². The molecule has 1 saturated heterocycles. The van der Waals surface area contributed by atoms with Crippen molar-refractivity contribution in [2.24, 2.45) is 4.99 Å². The van der Waals surface area contributed by atoms with Gasteiger partial charge in [-0.1, -0.05) is 35.3 Å². The number of carbonyl (C=O) groups excluding carboxylic acids is 1. The first kappa shape index (κ1) is 18.6. The van der Waals surface area contributed by atoms with Crippen LogP contribution in [0.2, 0.25) is 10.0 Å². The number of hydrogen-bond acceptors (Lipinski definition) is 5. The summed E-state index contributed by atoms with van der Waals surface area (Å²) in [6.45, 7) is 0. The Morgan fingerprint density at radius 2 is 1.96 bits per heavy atom. The summed E-state index contributed by atoms with van der Waals surface area (Å²) in [6.07, 6.45) is 1.73. The van der Waals surface area contributed by atoms with Gasteiger partial charge in [0.15, 0.2) is 16.7 Å². The van der Waals surface area contributed by atoms with E-state index in [4.69, 9.17) is 32.7 Å². The summed E-state index contributed by atoms with van der Waals surface area (Å²) in [5.41, 5.74) is 1.26. The van der Waals surface area contributed by atoms with Crippen molar-refractivity contribution < 1.29 is 14.3 Å². The average Bonchev–Trinajstić information content (AvgIpc) is 2.96. The van der Waals surface area contributed by atoms with E-state index >= 15 is 0 Å². The monoisotopic (exact) mass is 408 g/mol. The van der Waals surface area contributed by atoms with Gasteiger partial charge in [0, 0.05) is 10.6 Å². The molecule has 0 aliphatic carbocycles. The summed E-state index contributed by atoms with van der Waals surface area (Å²) in [5, 5.41) is 4.09. The topological polar surface area (TPSA) is 59.9 Å². The highest BCUT2D eigenvalue weighted by Gasteiger charge is 2.25.